The fourth-order valence-corrected chi connectivity index (χ4v) is 4.44. The maximum atomic E-state index is 13.6. The Bertz CT molecular complexity index is 1470. The van der Waals surface area contributed by atoms with Crippen molar-refractivity contribution in [3.63, 3.8) is 0 Å². The second-order valence-electron chi connectivity index (χ2n) is 9.50. The summed E-state index contributed by atoms with van der Waals surface area (Å²) in [7, 11) is 0. The molecule has 0 aliphatic carbocycles. The number of nitrogens with zero attached hydrogens (tertiary/aromatic N) is 3. The molecule has 0 radical (unpaired) electrons. The number of aromatic nitrogens is 2. The average molecular weight is 565 g/mol. The highest BCUT2D eigenvalue weighted by atomic mass is 19.4. The van der Waals surface area contributed by atoms with Gasteiger partial charge < -0.3 is 25.3 Å². The molecule has 1 saturated heterocycles. The van der Waals surface area contributed by atoms with E-state index in [0.29, 0.717) is 31.0 Å². The van der Waals surface area contributed by atoms with Crippen LogP contribution in [0, 0.1) is 0 Å². The van der Waals surface area contributed by atoms with Gasteiger partial charge in [-0.25, -0.2) is 14.8 Å². The second-order valence-corrected chi connectivity index (χ2v) is 9.50. The number of carbonyl (C=O) groups is 2. The minimum absolute atomic E-state index is 0.0852. The number of likely N-dealkylation sites (tertiary alicyclic amines) is 1. The number of hydrogen-bond acceptors (Lipinski definition) is 6. The molecule has 0 saturated carbocycles. The summed E-state index contributed by atoms with van der Waals surface area (Å²) < 4.78 is 45.6. The van der Waals surface area contributed by atoms with Crippen molar-refractivity contribution in [2.45, 2.75) is 31.6 Å². The van der Waals surface area contributed by atoms with E-state index in [1.54, 1.807) is 29.2 Å². The van der Waals surface area contributed by atoms with E-state index in [1.165, 1.54) is 24.4 Å². The molecule has 0 spiro atoms. The van der Waals surface area contributed by atoms with Crippen molar-refractivity contribution < 1.29 is 27.2 Å². The first-order chi connectivity index (χ1) is 19.8. The molecule has 1 fully saturated rings. The van der Waals surface area contributed by atoms with Crippen LogP contribution in [0.4, 0.5) is 29.5 Å². The highest BCUT2D eigenvalue weighted by Crippen LogP contribution is 2.35. The number of hydrogen-bond donors (Lipinski definition) is 3. The van der Waals surface area contributed by atoms with Gasteiger partial charge in [0.05, 0.1) is 11.9 Å². The molecule has 9 nitrogen and oxygen atoms in total. The molecule has 41 heavy (non-hydrogen) atoms. The Balaban J connectivity index is 1.14. The lowest BCUT2D eigenvalue weighted by molar-refractivity contribution is -0.153. The van der Waals surface area contributed by atoms with Gasteiger partial charge in [0, 0.05) is 31.2 Å². The van der Waals surface area contributed by atoms with Crippen LogP contribution in [0.2, 0.25) is 0 Å². The summed E-state index contributed by atoms with van der Waals surface area (Å²) in [5.74, 6) is -2.30. The van der Waals surface area contributed by atoms with Crippen LogP contribution in [0.25, 0.3) is 11.5 Å². The van der Waals surface area contributed by atoms with Gasteiger partial charge in [0.2, 0.25) is 11.7 Å². The summed E-state index contributed by atoms with van der Waals surface area (Å²) in [6.07, 6.45) is -2.13. The minimum atomic E-state index is -4.91. The number of benzene rings is 2. The first kappa shape index (κ1) is 27.7. The fraction of sp³-hybridized carbons (Fsp3) is 0.241. The van der Waals surface area contributed by atoms with E-state index in [1.807, 2.05) is 30.3 Å². The van der Waals surface area contributed by atoms with E-state index < -0.39 is 23.5 Å². The Hall–Kier alpha value is -4.87. The minimum Gasteiger partial charge on any atom is -0.431 e. The molecular weight excluding hydrogens is 537 g/mol. The number of halogens is 3. The lowest BCUT2D eigenvalue weighted by atomic mass is 10.1. The predicted octanol–water partition coefficient (Wildman–Crippen LogP) is 5.79. The number of rotatable bonds is 7. The average Bonchev–Trinajstić information content (AvgIpc) is 3.45. The van der Waals surface area contributed by atoms with Gasteiger partial charge in [-0.1, -0.05) is 48.5 Å². The number of alkyl halides is 3. The Morgan fingerprint density at radius 3 is 2.27 bits per heavy atom. The zero-order chi connectivity index (χ0) is 28.8. The number of nitrogens with one attached hydrogen (secondary N) is 3. The third-order valence-corrected chi connectivity index (χ3v) is 6.56. The van der Waals surface area contributed by atoms with Crippen LogP contribution in [0.15, 0.2) is 83.4 Å². The van der Waals surface area contributed by atoms with Gasteiger partial charge in [0.25, 0.3) is 5.91 Å². The smallest absolute Gasteiger partial charge is 0.431 e. The zero-order valence-electron chi connectivity index (χ0n) is 21.8. The third kappa shape index (κ3) is 7.02. The van der Waals surface area contributed by atoms with E-state index in [9.17, 15) is 22.8 Å². The standard InChI is InChI=1S/C29H27F3N6O3/c30-29(31,32)25-24(37-27(41-25)20-9-5-2-6-10-20)26(39)36-22-11-12-23(33-18-22)35-21-13-15-38(16-14-21)28(40)34-17-19-7-3-1-4-8-19/h1-12,18,21H,13-17H2,(H,33,35)(H,34,40)(H,36,39). The number of piperidine rings is 1. The molecule has 0 bridgehead atoms. The van der Waals surface area contributed by atoms with E-state index in [4.69, 9.17) is 4.42 Å². The van der Waals surface area contributed by atoms with Crippen molar-refractivity contribution in [1.29, 1.82) is 0 Å². The van der Waals surface area contributed by atoms with Crippen molar-refractivity contribution >= 4 is 23.4 Å². The van der Waals surface area contributed by atoms with Crippen molar-refractivity contribution in [2.75, 3.05) is 23.7 Å². The SMILES string of the molecule is O=C(Nc1ccc(NC2CCN(C(=O)NCc3ccccc3)CC2)nc1)c1nc(-c2ccccc2)oc1C(F)(F)F. The molecule has 3 amide bonds. The van der Waals surface area contributed by atoms with Crippen LogP contribution in [0.5, 0.6) is 0 Å². The van der Waals surface area contributed by atoms with Crippen molar-refractivity contribution in [1.82, 2.24) is 20.2 Å². The summed E-state index contributed by atoms with van der Waals surface area (Å²) in [6, 6.07) is 20.8. The highest BCUT2D eigenvalue weighted by Gasteiger charge is 2.42. The molecule has 2 aromatic carbocycles. The molecular formula is C29H27F3N6O3. The number of anilines is 2. The van der Waals surface area contributed by atoms with Crippen LogP contribution < -0.4 is 16.0 Å². The Kier molecular flexibility index (Phi) is 8.18. The number of carbonyl (C=O) groups excluding carboxylic acids is 2. The summed E-state index contributed by atoms with van der Waals surface area (Å²) in [6.45, 7) is 1.63. The molecule has 0 unspecified atom stereocenters. The van der Waals surface area contributed by atoms with Crippen LogP contribution >= 0.6 is 0 Å². The van der Waals surface area contributed by atoms with Crippen LogP contribution in [-0.2, 0) is 12.7 Å². The first-order valence-corrected chi connectivity index (χ1v) is 13.0. The van der Waals surface area contributed by atoms with Gasteiger partial charge in [-0.3, -0.25) is 4.79 Å². The maximum Gasteiger partial charge on any atom is 0.452 e. The molecule has 3 N–H and O–H groups in total. The van der Waals surface area contributed by atoms with E-state index in [2.05, 4.69) is 25.9 Å². The molecule has 1 aliphatic rings. The molecule has 0 atom stereocenters. The van der Waals surface area contributed by atoms with E-state index in [-0.39, 0.29) is 23.7 Å². The molecule has 1 aliphatic heterocycles. The monoisotopic (exact) mass is 564 g/mol. The Labute approximate surface area is 233 Å². The van der Waals surface area contributed by atoms with Crippen molar-refractivity contribution in [3.8, 4) is 11.5 Å². The van der Waals surface area contributed by atoms with Gasteiger partial charge in [0.1, 0.15) is 5.82 Å². The maximum absolute atomic E-state index is 13.6. The largest absolute Gasteiger partial charge is 0.452 e. The molecule has 12 heteroatoms. The normalized spacial score (nSPS) is 14.0. The van der Waals surface area contributed by atoms with Gasteiger partial charge in [0.15, 0.2) is 5.69 Å². The van der Waals surface area contributed by atoms with Crippen LogP contribution in [0.3, 0.4) is 0 Å². The Morgan fingerprint density at radius 2 is 1.63 bits per heavy atom. The predicted molar refractivity (Wildman–Crippen MR) is 146 cm³/mol. The topological polar surface area (TPSA) is 112 Å². The number of amides is 3. The van der Waals surface area contributed by atoms with Crippen molar-refractivity contribution in [3.05, 3.63) is 96.0 Å². The number of urea groups is 1. The Morgan fingerprint density at radius 1 is 0.951 bits per heavy atom. The van der Waals surface area contributed by atoms with E-state index in [0.717, 1.165) is 18.4 Å². The van der Waals surface area contributed by atoms with E-state index >= 15 is 0 Å². The summed E-state index contributed by atoms with van der Waals surface area (Å²) in [4.78, 5) is 35.1. The second kappa shape index (κ2) is 12.1. The van der Waals surface area contributed by atoms with Gasteiger partial charge in [-0.05, 0) is 42.7 Å². The molecule has 212 valence electrons. The number of oxazole rings is 1. The lowest BCUT2D eigenvalue weighted by Crippen LogP contribution is -2.46. The lowest BCUT2D eigenvalue weighted by Gasteiger charge is -2.32. The number of pyridine rings is 1. The molecule has 2 aromatic heterocycles. The summed E-state index contributed by atoms with van der Waals surface area (Å²) in [5.41, 5.74) is 0.677. The fourth-order valence-electron chi connectivity index (χ4n) is 4.44. The highest BCUT2D eigenvalue weighted by molar-refractivity contribution is 6.04. The molecule has 3 heterocycles. The van der Waals surface area contributed by atoms with Crippen molar-refractivity contribution in [2.24, 2.45) is 0 Å². The quantitative estimate of drug-likeness (QED) is 0.262. The summed E-state index contributed by atoms with van der Waals surface area (Å²) in [5, 5.41) is 8.64. The van der Waals surface area contributed by atoms with Crippen LogP contribution in [-0.4, -0.2) is 45.9 Å². The molecule has 5 rings (SSSR count). The van der Waals surface area contributed by atoms with Crippen LogP contribution in [0.1, 0.15) is 34.7 Å². The summed E-state index contributed by atoms with van der Waals surface area (Å²) >= 11 is 0. The first-order valence-electron chi connectivity index (χ1n) is 13.0. The van der Waals surface area contributed by atoms with Gasteiger partial charge in [-0.15, -0.1) is 0 Å². The third-order valence-electron chi connectivity index (χ3n) is 6.56. The zero-order valence-corrected chi connectivity index (χ0v) is 21.8. The van der Waals surface area contributed by atoms with Gasteiger partial charge in [-0.2, -0.15) is 13.2 Å². The van der Waals surface area contributed by atoms with Gasteiger partial charge >= 0.3 is 12.2 Å². The molecule has 4 aromatic rings.